The largest absolute Gasteiger partial charge is 0.490 e. The quantitative estimate of drug-likeness (QED) is 0.806. The minimum atomic E-state index is 0.439. The number of hydrogen-bond acceptors (Lipinski definition) is 2. The molecule has 0 heterocycles. The first-order valence-electron chi connectivity index (χ1n) is 6.19. The standard InChI is InChI=1S/C17H15NO/c18-13-12-16-8-10-17(11-9-16)19-14-4-7-15-5-2-1-3-6-15/h1-11H,12,14H2/b7-4+. The van der Waals surface area contributed by atoms with Crippen LogP contribution in [0.5, 0.6) is 5.75 Å². The molecule has 2 heteroatoms. The Bertz CT molecular complexity index is 564. The Labute approximate surface area is 113 Å². The number of ether oxygens (including phenoxy) is 1. The van der Waals surface area contributed by atoms with Gasteiger partial charge in [0.1, 0.15) is 12.4 Å². The first kappa shape index (κ1) is 12.9. The van der Waals surface area contributed by atoms with Crippen LogP contribution in [0.2, 0.25) is 0 Å². The Morgan fingerprint density at radius 3 is 2.42 bits per heavy atom. The van der Waals surface area contributed by atoms with Gasteiger partial charge >= 0.3 is 0 Å². The van der Waals surface area contributed by atoms with Crippen molar-refractivity contribution in [2.45, 2.75) is 6.42 Å². The third kappa shape index (κ3) is 4.33. The zero-order valence-electron chi connectivity index (χ0n) is 10.6. The molecular weight excluding hydrogens is 234 g/mol. The molecule has 0 aliphatic rings. The monoisotopic (exact) mass is 249 g/mol. The Morgan fingerprint density at radius 1 is 1.00 bits per heavy atom. The minimum Gasteiger partial charge on any atom is -0.490 e. The lowest BCUT2D eigenvalue weighted by Crippen LogP contribution is -1.93. The summed E-state index contributed by atoms with van der Waals surface area (Å²) in [5.74, 6) is 0.819. The van der Waals surface area contributed by atoms with E-state index in [1.807, 2.05) is 66.7 Å². The zero-order valence-corrected chi connectivity index (χ0v) is 10.6. The molecule has 2 aromatic rings. The fourth-order valence-electron chi connectivity index (χ4n) is 1.69. The molecule has 0 aromatic heterocycles. The first-order valence-corrected chi connectivity index (χ1v) is 6.19. The van der Waals surface area contributed by atoms with Gasteiger partial charge in [-0.15, -0.1) is 0 Å². The highest BCUT2D eigenvalue weighted by molar-refractivity contribution is 5.48. The first-order chi connectivity index (χ1) is 9.38. The normalized spacial score (nSPS) is 10.3. The van der Waals surface area contributed by atoms with E-state index in [0.717, 1.165) is 16.9 Å². The van der Waals surface area contributed by atoms with Gasteiger partial charge in [0, 0.05) is 0 Å². The van der Waals surface area contributed by atoms with Crippen molar-refractivity contribution >= 4 is 6.08 Å². The molecule has 0 aliphatic heterocycles. The van der Waals surface area contributed by atoms with E-state index in [2.05, 4.69) is 6.07 Å². The number of nitrogens with zero attached hydrogens (tertiary/aromatic N) is 1. The zero-order chi connectivity index (χ0) is 13.3. The Kier molecular flexibility index (Phi) is 4.78. The molecule has 0 amide bonds. The summed E-state index contributed by atoms with van der Waals surface area (Å²) in [5.41, 5.74) is 2.17. The van der Waals surface area contributed by atoms with E-state index in [9.17, 15) is 0 Å². The van der Waals surface area contributed by atoms with Gasteiger partial charge in [0.2, 0.25) is 0 Å². The van der Waals surface area contributed by atoms with Crippen LogP contribution in [-0.4, -0.2) is 6.61 Å². The Balaban J connectivity index is 1.83. The van der Waals surface area contributed by atoms with E-state index in [4.69, 9.17) is 10.00 Å². The molecule has 0 spiro atoms. The highest BCUT2D eigenvalue weighted by atomic mass is 16.5. The molecule has 0 fully saturated rings. The van der Waals surface area contributed by atoms with Crippen LogP contribution in [0.3, 0.4) is 0 Å². The highest BCUT2D eigenvalue weighted by Gasteiger charge is 1.93. The second kappa shape index (κ2) is 7.03. The van der Waals surface area contributed by atoms with Gasteiger partial charge < -0.3 is 4.74 Å². The molecule has 2 rings (SSSR count). The van der Waals surface area contributed by atoms with E-state index >= 15 is 0 Å². The van der Waals surface area contributed by atoms with Gasteiger partial charge in [-0.2, -0.15) is 5.26 Å². The van der Waals surface area contributed by atoms with Crippen LogP contribution >= 0.6 is 0 Å². The molecule has 0 unspecified atom stereocenters. The summed E-state index contributed by atoms with van der Waals surface area (Å²) < 4.78 is 5.59. The molecule has 0 bridgehead atoms. The maximum Gasteiger partial charge on any atom is 0.119 e. The summed E-state index contributed by atoms with van der Waals surface area (Å²) in [6, 6.07) is 19.8. The molecule has 2 aromatic carbocycles. The summed E-state index contributed by atoms with van der Waals surface area (Å²) in [6.45, 7) is 0.534. The maximum absolute atomic E-state index is 8.58. The highest BCUT2D eigenvalue weighted by Crippen LogP contribution is 2.12. The van der Waals surface area contributed by atoms with Crippen LogP contribution < -0.4 is 4.74 Å². The van der Waals surface area contributed by atoms with Crippen LogP contribution in [0, 0.1) is 11.3 Å². The molecular formula is C17H15NO. The van der Waals surface area contributed by atoms with Crippen LogP contribution in [0.4, 0.5) is 0 Å². The predicted molar refractivity (Wildman–Crippen MR) is 76.7 cm³/mol. The molecule has 19 heavy (non-hydrogen) atoms. The summed E-state index contributed by atoms with van der Waals surface area (Å²) in [6.07, 6.45) is 4.46. The third-order valence-corrected chi connectivity index (χ3v) is 2.66. The maximum atomic E-state index is 8.58. The fraction of sp³-hybridized carbons (Fsp3) is 0.118. The Morgan fingerprint density at radius 2 is 1.74 bits per heavy atom. The van der Waals surface area contributed by atoms with E-state index < -0.39 is 0 Å². The predicted octanol–water partition coefficient (Wildman–Crippen LogP) is 3.84. The SMILES string of the molecule is N#CCc1ccc(OC/C=C/c2ccccc2)cc1. The van der Waals surface area contributed by atoms with E-state index in [1.54, 1.807) is 0 Å². The lowest BCUT2D eigenvalue weighted by Gasteiger charge is -2.03. The van der Waals surface area contributed by atoms with Crippen LogP contribution in [-0.2, 0) is 6.42 Å². The minimum absolute atomic E-state index is 0.439. The van der Waals surface area contributed by atoms with Crippen molar-refractivity contribution in [2.75, 3.05) is 6.61 Å². The molecule has 2 nitrogen and oxygen atoms in total. The number of nitriles is 1. The van der Waals surface area contributed by atoms with Gasteiger partial charge in [-0.25, -0.2) is 0 Å². The number of benzene rings is 2. The van der Waals surface area contributed by atoms with Crippen molar-refractivity contribution in [2.24, 2.45) is 0 Å². The molecule has 0 atom stereocenters. The second-order valence-electron chi connectivity index (χ2n) is 4.10. The molecule has 0 radical (unpaired) electrons. The topological polar surface area (TPSA) is 33.0 Å². The van der Waals surface area contributed by atoms with Gasteiger partial charge in [-0.1, -0.05) is 48.5 Å². The van der Waals surface area contributed by atoms with Gasteiger partial charge in [-0.05, 0) is 29.3 Å². The van der Waals surface area contributed by atoms with E-state index in [-0.39, 0.29) is 0 Å². The molecule has 0 saturated carbocycles. The van der Waals surface area contributed by atoms with E-state index in [1.165, 1.54) is 0 Å². The van der Waals surface area contributed by atoms with Crippen molar-refractivity contribution in [3.05, 3.63) is 71.8 Å². The van der Waals surface area contributed by atoms with Crippen molar-refractivity contribution in [3.63, 3.8) is 0 Å². The third-order valence-electron chi connectivity index (χ3n) is 2.66. The average Bonchev–Trinajstić information content (AvgIpc) is 2.47. The summed E-state index contributed by atoms with van der Waals surface area (Å²) in [7, 11) is 0. The van der Waals surface area contributed by atoms with Crippen LogP contribution in [0.1, 0.15) is 11.1 Å². The van der Waals surface area contributed by atoms with Gasteiger partial charge in [0.05, 0.1) is 12.5 Å². The smallest absolute Gasteiger partial charge is 0.119 e. The Hall–Kier alpha value is -2.53. The molecule has 0 saturated heterocycles. The van der Waals surface area contributed by atoms with E-state index in [0.29, 0.717) is 13.0 Å². The lowest BCUT2D eigenvalue weighted by molar-refractivity contribution is 0.363. The molecule has 0 aliphatic carbocycles. The lowest BCUT2D eigenvalue weighted by atomic mass is 10.2. The molecule has 0 N–H and O–H groups in total. The summed E-state index contributed by atoms with van der Waals surface area (Å²) in [5, 5.41) is 8.58. The fourth-order valence-corrected chi connectivity index (χ4v) is 1.69. The van der Waals surface area contributed by atoms with Crippen LogP contribution in [0.15, 0.2) is 60.7 Å². The van der Waals surface area contributed by atoms with Gasteiger partial charge in [0.25, 0.3) is 0 Å². The summed E-state index contributed by atoms with van der Waals surface area (Å²) >= 11 is 0. The average molecular weight is 249 g/mol. The second-order valence-corrected chi connectivity index (χ2v) is 4.10. The van der Waals surface area contributed by atoms with Crippen molar-refractivity contribution in [1.29, 1.82) is 5.26 Å². The van der Waals surface area contributed by atoms with Crippen LogP contribution in [0.25, 0.3) is 6.08 Å². The number of hydrogen-bond donors (Lipinski definition) is 0. The number of rotatable bonds is 5. The van der Waals surface area contributed by atoms with Gasteiger partial charge in [0.15, 0.2) is 0 Å². The van der Waals surface area contributed by atoms with Crippen molar-refractivity contribution in [1.82, 2.24) is 0 Å². The molecule has 94 valence electrons. The van der Waals surface area contributed by atoms with Gasteiger partial charge in [-0.3, -0.25) is 0 Å². The summed E-state index contributed by atoms with van der Waals surface area (Å²) in [4.78, 5) is 0. The van der Waals surface area contributed by atoms with Crippen molar-refractivity contribution < 1.29 is 4.74 Å². The van der Waals surface area contributed by atoms with Crippen molar-refractivity contribution in [3.8, 4) is 11.8 Å².